The molecule has 0 saturated heterocycles. The number of aryl methyl sites for hydroxylation is 1. The number of thiazole rings is 1. The van der Waals surface area contributed by atoms with Crippen molar-refractivity contribution in [2.45, 2.75) is 37.5 Å². The van der Waals surface area contributed by atoms with Gasteiger partial charge in [0.05, 0.1) is 10.2 Å². The number of thioether (sulfide) groups is 1. The third kappa shape index (κ3) is 4.25. The van der Waals surface area contributed by atoms with Gasteiger partial charge in [-0.1, -0.05) is 41.1 Å². The summed E-state index contributed by atoms with van der Waals surface area (Å²) in [6, 6.07) is 13.8. The SMILES string of the molecule is CCn1c(=NC(=O)c2ccc(SC(C)C)cc2)sc2cc(Br)ccc21. The van der Waals surface area contributed by atoms with Crippen LogP contribution in [0.4, 0.5) is 0 Å². The van der Waals surface area contributed by atoms with E-state index in [1.165, 1.54) is 16.2 Å². The van der Waals surface area contributed by atoms with Gasteiger partial charge in [-0.3, -0.25) is 4.79 Å². The van der Waals surface area contributed by atoms with Crippen molar-refractivity contribution in [3.8, 4) is 0 Å². The fourth-order valence-electron chi connectivity index (χ4n) is 2.54. The Bertz CT molecular complexity index is 971. The zero-order valence-electron chi connectivity index (χ0n) is 14.3. The van der Waals surface area contributed by atoms with Crippen LogP contribution in [0.1, 0.15) is 31.1 Å². The highest BCUT2D eigenvalue weighted by Crippen LogP contribution is 2.24. The molecule has 25 heavy (non-hydrogen) atoms. The van der Waals surface area contributed by atoms with Gasteiger partial charge in [0.1, 0.15) is 0 Å². The van der Waals surface area contributed by atoms with Crippen molar-refractivity contribution in [2.24, 2.45) is 4.99 Å². The summed E-state index contributed by atoms with van der Waals surface area (Å²) in [5.41, 5.74) is 1.72. The Balaban J connectivity index is 1.97. The van der Waals surface area contributed by atoms with E-state index in [4.69, 9.17) is 0 Å². The molecular weight excluding hydrogens is 416 g/mol. The van der Waals surface area contributed by atoms with Crippen LogP contribution < -0.4 is 4.80 Å². The highest BCUT2D eigenvalue weighted by atomic mass is 79.9. The van der Waals surface area contributed by atoms with E-state index in [0.29, 0.717) is 10.8 Å². The van der Waals surface area contributed by atoms with Crippen LogP contribution in [-0.4, -0.2) is 15.7 Å². The monoisotopic (exact) mass is 434 g/mol. The molecule has 0 atom stereocenters. The lowest BCUT2D eigenvalue weighted by molar-refractivity contribution is 0.0998. The van der Waals surface area contributed by atoms with Crippen LogP contribution in [-0.2, 0) is 6.54 Å². The van der Waals surface area contributed by atoms with E-state index in [1.807, 2.05) is 30.3 Å². The summed E-state index contributed by atoms with van der Waals surface area (Å²) in [7, 11) is 0. The van der Waals surface area contributed by atoms with Crippen LogP contribution in [0.5, 0.6) is 0 Å². The quantitative estimate of drug-likeness (QED) is 0.491. The van der Waals surface area contributed by atoms with E-state index >= 15 is 0 Å². The first kappa shape index (κ1) is 18.4. The maximum absolute atomic E-state index is 12.6. The minimum atomic E-state index is -0.200. The molecule has 0 aliphatic heterocycles. The lowest BCUT2D eigenvalue weighted by Gasteiger charge is -2.04. The normalized spacial score (nSPS) is 12.3. The zero-order valence-corrected chi connectivity index (χ0v) is 17.5. The number of hydrogen-bond acceptors (Lipinski definition) is 3. The predicted molar refractivity (Wildman–Crippen MR) is 111 cm³/mol. The van der Waals surface area contributed by atoms with Gasteiger partial charge in [-0.2, -0.15) is 4.99 Å². The lowest BCUT2D eigenvalue weighted by atomic mass is 10.2. The number of hydrogen-bond donors (Lipinski definition) is 0. The molecule has 0 aliphatic carbocycles. The Morgan fingerprint density at radius 3 is 2.60 bits per heavy atom. The largest absolute Gasteiger partial charge is 0.317 e. The van der Waals surface area contributed by atoms with Gasteiger partial charge in [-0.15, -0.1) is 11.8 Å². The summed E-state index contributed by atoms with van der Waals surface area (Å²) in [4.78, 5) is 18.9. The second-order valence-corrected chi connectivity index (χ2v) is 9.42. The summed E-state index contributed by atoms with van der Waals surface area (Å²) in [6.45, 7) is 7.15. The van der Waals surface area contributed by atoms with Gasteiger partial charge < -0.3 is 4.57 Å². The minimum absolute atomic E-state index is 0.200. The second-order valence-electron chi connectivity index (χ2n) is 5.85. The number of carbonyl (C=O) groups excluding carboxylic acids is 1. The first-order valence-corrected chi connectivity index (χ1v) is 10.6. The number of halogens is 1. The van der Waals surface area contributed by atoms with Gasteiger partial charge in [0.25, 0.3) is 5.91 Å². The molecule has 3 aromatic rings. The number of carbonyl (C=O) groups is 1. The molecule has 130 valence electrons. The average molecular weight is 435 g/mol. The number of amides is 1. The van der Waals surface area contributed by atoms with Crippen molar-refractivity contribution in [2.75, 3.05) is 0 Å². The van der Waals surface area contributed by atoms with Crippen LogP contribution in [0.15, 0.2) is 56.8 Å². The Labute approximate surface area is 163 Å². The van der Waals surface area contributed by atoms with E-state index in [9.17, 15) is 4.79 Å². The maximum atomic E-state index is 12.6. The highest BCUT2D eigenvalue weighted by Gasteiger charge is 2.09. The molecule has 0 fully saturated rings. The van der Waals surface area contributed by atoms with Crippen molar-refractivity contribution in [3.63, 3.8) is 0 Å². The molecule has 0 spiro atoms. The Hall–Kier alpha value is -1.37. The first-order chi connectivity index (χ1) is 12.0. The van der Waals surface area contributed by atoms with Crippen LogP contribution in [0.25, 0.3) is 10.2 Å². The number of nitrogens with zero attached hydrogens (tertiary/aromatic N) is 2. The van der Waals surface area contributed by atoms with E-state index in [-0.39, 0.29) is 5.91 Å². The molecule has 1 heterocycles. The number of aromatic nitrogens is 1. The molecule has 0 radical (unpaired) electrons. The van der Waals surface area contributed by atoms with E-state index in [2.05, 4.69) is 58.4 Å². The van der Waals surface area contributed by atoms with Crippen LogP contribution >= 0.6 is 39.0 Å². The van der Waals surface area contributed by atoms with Crippen molar-refractivity contribution in [1.29, 1.82) is 0 Å². The van der Waals surface area contributed by atoms with Gasteiger partial charge in [0, 0.05) is 26.7 Å². The molecular formula is C19H19BrN2OS2. The van der Waals surface area contributed by atoms with E-state index in [1.54, 1.807) is 11.8 Å². The molecule has 0 aliphatic rings. The number of benzene rings is 2. The third-order valence-corrected chi connectivity index (χ3v) is 6.18. The van der Waals surface area contributed by atoms with Gasteiger partial charge in [0.2, 0.25) is 0 Å². The zero-order chi connectivity index (χ0) is 18.0. The van der Waals surface area contributed by atoms with Crippen LogP contribution in [0.2, 0.25) is 0 Å². The number of fused-ring (bicyclic) bond motifs is 1. The van der Waals surface area contributed by atoms with Gasteiger partial charge in [-0.05, 0) is 49.4 Å². The van der Waals surface area contributed by atoms with Crippen LogP contribution in [0, 0.1) is 0 Å². The Morgan fingerprint density at radius 2 is 1.96 bits per heavy atom. The van der Waals surface area contributed by atoms with E-state index in [0.717, 1.165) is 26.0 Å². The van der Waals surface area contributed by atoms with Gasteiger partial charge in [-0.25, -0.2) is 0 Å². The molecule has 3 nitrogen and oxygen atoms in total. The third-order valence-electron chi connectivity index (χ3n) is 3.63. The highest BCUT2D eigenvalue weighted by molar-refractivity contribution is 9.10. The molecule has 1 amide bonds. The molecule has 1 aromatic heterocycles. The molecule has 0 unspecified atom stereocenters. The van der Waals surface area contributed by atoms with E-state index < -0.39 is 0 Å². The molecule has 3 rings (SSSR count). The molecule has 0 N–H and O–H groups in total. The smallest absolute Gasteiger partial charge is 0.279 e. The molecule has 2 aromatic carbocycles. The van der Waals surface area contributed by atoms with Gasteiger partial charge in [0.15, 0.2) is 4.80 Å². The van der Waals surface area contributed by atoms with Crippen molar-refractivity contribution < 1.29 is 4.79 Å². The van der Waals surface area contributed by atoms with Gasteiger partial charge >= 0.3 is 0 Å². The molecule has 0 saturated carbocycles. The minimum Gasteiger partial charge on any atom is -0.317 e. The Kier molecular flexibility index (Phi) is 5.81. The summed E-state index contributed by atoms with van der Waals surface area (Å²) in [5.74, 6) is -0.200. The Morgan fingerprint density at radius 1 is 1.24 bits per heavy atom. The number of rotatable bonds is 4. The fourth-order valence-corrected chi connectivity index (χ4v) is 5.02. The summed E-state index contributed by atoms with van der Waals surface area (Å²) in [6.07, 6.45) is 0. The second kappa shape index (κ2) is 7.89. The molecule has 6 heteroatoms. The summed E-state index contributed by atoms with van der Waals surface area (Å²) in [5, 5.41) is 0.521. The standard InChI is InChI=1S/C19H19BrN2OS2/c1-4-22-16-10-7-14(20)11-17(16)25-19(22)21-18(23)13-5-8-15(9-6-13)24-12(2)3/h5-12H,4H2,1-3H3. The summed E-state index contributed by atoms with van der Waals surface area (Å²) < 4.78 is 4.22. The first-order valence-electron chi connectivity index (χ1n) is 8.12. The van der Waals surface area contributed by atoms with Crippen molar-refractivity contribution in [3.05, 3.63) is 57.3 Å². The van der Waals surface area contributed by atoms with Crippen molar-refractivity contribution >= 4 is 55.2 Å². The maximum Gasteiger partial charge on any atom is 0.279 e. The lowest BCUT2D eigenvalue weighted by Crippen LogP contribution is -2.15. The van der Waals surface area contributed by atoms with Crippen molar-refractivity contribution in [1.82, 2.24) is 4.57 Å². The fraction of sp³-hybridized carbons (Fsp3) is 0.263. The molecule has 0 bridgehead atoms. The topological polar surface area (TPSA) is 34.4 Å². The predicted octanol–water partition coefficient (Wildman–Crippen LogP) is 5.73. The average Bonchev–Trinajstić information content (AvgIpc) is 2.90. The van der Waals surface area contributed by atoms with Crippen LogP contribution in [0.3, 0.4) is 0 Å². The summed E-state index contributed by atoms with van der Waals surface area (Å²) >= 11 is 6.82.